The molecule has 0 atom stereocenters. The van der Waals surface area contributed by atoms with Crippen LogP contribution < -0.4 is 5.32 Å². The summed E-state index contributed by atoms with van der Waals surface area (Å²) in [6.07, 6.45) is 1.04. The number of amides is 1. The third-order valence-corrected chi connectivity index (χ3v) is 3.07. The highest BCUT2D eigenvalue weighted by Gasteiger charge is 2.27. The van der Waals surface area contributed by atoms with Gasteiger partial charge in [-0.2, -0.15) is 10.4 Å². The highest BCUT2D eigenvalue weighted by Crippen LogP contribution is 2.28. The summed E-state index contributed by atoms with van der Waals surface area (Å²) < 4.78 is 2.36. The lowest BCUT2D eigenvalue weighted by molar-refractivity contribution is -0.391. The van der Waals surface area contributed by atoms with Crippen molar-refractivity contribution in [1.29, 1.82) is 5.26 Å². The number of nitriles is 1. The summed E-state index contributed by atoms with van der Waals surface area (Å²) in [5.74, 6) is -1.81. The number of hydrogen-bond acceptors (Lipinski definition) is 7. The standard InChI is InChI=1S/C12H11N7O4/c1-6(20)12(21)15-10-7(4-13)9(16-18(10)3)11-14-5-8(17(11)2)19(22)23/h5H,1-3H3,(H,15,21). The van der Waals surface area contributed by atoms with Gasteiger partial charge in [0.25, 0.3) is 11.7 Å². The first kappa shape index (κ1) is 15.8. The molecule has 0 bridgehead atoms. The topological polar surface area (TPSA) is 149 Å². The van der Waals surface area contributed by atoms with Crippen LogP contribution in [0.5, 0.6) is 0 Å². The number of aromatic nitrogens is 4. The number of nitro groups is 1. The zero-order valence-corrected chi connectivity index (χ0v) is 12.4. The lowest BCUT2D eigenvalue weighted by Crippen LogP contribution is -2.21. The lowest BCUT2D eigenvalue weighted by Gasteiger charge is -2.02. The first-order valence-electron chi connectivity index (χ1n) is 6.23. The molecule has 0 aliphatic heterocycles. The summed E-state index contributed by atoms with van der Waals surface area (Å²) in [7, 11) is 2.86. The Morgan fingerprint density at radius 3 is 2.57 bits per heavy atom. The van der Waals surface area contributed by atoms with Crippen molar-refractivity contribution in [3.05, 3.63) is 21.9 Å². The summed E-state index contributed by atoms with van der Waals surface area (Å²) in [5, 5.41) is 26.5. The van der Waals surface area contributed by atoms with Crippen LogP contribution in [-0.4, -0.2) is 35.9 Å². The molecule has 1 N–H and O–H groups in total. The largest absolute Gasteiger partial charge is 0.358 e. The van der Waals surface area contributed by atoms with E-state index < -0.39 is 16.6 Å². The second kappa shape index (κ2) is 5.68. The maximum Gasteiger partial charge on any atom is 0.342 e. The number of carbonyl (C=O) groups excluding carboxylic acids is 2. The molecule has 0 saturated carbocycles. The number of Topliss-reactive ketones (excluding diaryl/α,β-unsaturated/α-hetero) is 1. The molecule has 11 heteroatoms. The van der Waals surface area contributed by atoms with Crippen LogP contribution in [0.1, 0.15) is 12.5 Å². The quantitative estimate of drug-likeness (QED) is 0.478. The smallest absolute Gasteiger partial charge is 0.342 e. The minimum absolute atomic E-state index is 0.00773. The van der Waals surface area contributed by atoms with Crippen LogP contribution >= 0.6 is 0 Å². The molecule has 2 heterocycles. The number of ketones is 1. The molecule has 0 radical (unpaired) electrons. The molecule has 0 unspecified atom stereocenters. The van der Waals surface area contributed by atoms with Gasteiger partial charge in [0.15, 0.2) is 5.69 Å². The van der Waals surface area contributed by atoms with Gasteiger partial charge in [0.2, 0.25) is 5.78 Å². The molecule has 11 nitrogen and oxygen atoms in total. The van der Waals surface area contributed by atoms with Gasteiger partial charge in [0, 0.05) is 14.0 Å². The number of nitrogens with one attached hydrogen (secondary N) is 1. The molecule has 1 amide bonds. The van der Waals surface area contributed by atoms with Crippen LogP contribution in [-0.2, 0) is 23.7 Å². The molecule has 0 saturated heterocycles. The Balaban J connectivity index is 2.58. The van der Waals surface area contributed by atoms with E-state index in [0.29, 0.717) is 0 Å². The molecule has 2 aromatic rings. The molecule has 2 aromatic heterocycles. The predicted molar refractivity (Wildman–Crippen MR) is 76.1 cm³/mol. The summed E-state index contributed by atoms with van der Waals surface area (Å²) in [5.41, 5.74) is 0.00940. The van der Waals surface area contributed by atoms with Crippen LogP contribution in [0.4, 0.5) is 11.6 Å². The normalized spacial score (nSPS) is 10.2. The van der Waals surface area contributed by atoms with Crippen molar-refractivity contribution in [1.82, 2.24) is 19.3 Å². The van der Waals surface area contributed by atoms with Gasteiger partial charge >= 0.3 is 5.82 Å². The van der Waals surface area contributed by atoms with E-state index in [2.05, 4.69) is 15.4 Å². The molecular weight excluding hydrogens is 306 g/mol. The van der Waals surface area contributed by atoms with Gasteiger partial charge < -0.3 is 15.4 Å². The fourth-order valence-electron chi connectivity index (χ4n) is 1.92. The minimum Gasteiger partial charge on any atom is -0.358 e. The van der Waals surface area contributed by atoms with Crippen LogP contribution in [0.3, 0.4) is 0 Å². The molecule has 23 heavy (non-hydrogen) atoms. The Hall–Kier alpha value is -3.55. The van der Waals surface area contributed by atoms with Crippen molar-refractivity contribution in [2.75, 3.05) is 5.32 Å². The second-order valence-corrected chi connectivity index (χ2v) is 4.57. The van der Waals surface area contributed by atoms with E-state index in [9.17, 15) is 25.0 Å². The number of anilines is 1. The molecule has 0 spiro atoms. The van der Waals surface area contributed by atoms with Crippen LogP contribution in [0.2, 0.25) is 0 Å². The van der Waals surface area contributed by atoms with Crippen LogP contribution in [0.15, 0.2) is 6.20 Å². The monoisotopic (exact) mass is 317 g/mol. The third-order valence-electron chi connectivity index (χ3n) is 3.07. The Morgan fingerprint density at radius 1 is 1.43 bits per heavy atom. The average Bonchev–Trinajstić information content (AvgIpc) is 2.99. The number of carbonyl (C=O) groups is 2. The van der Waals surface area contributed by atoms with Crippen molar-refractivity contribution in [3.8, 4) is 17.6 Å². The van der Waals surface area contributed by atoms with Crippen molar-refractivity contribution in [3.63, 3.8) is 0 Å². The first-order valence-corrected chi connectivity index (χ1v) is 6.23. The van der Waals surface area contributed by atoms with Gasteiger partial charge in [-0.25, -0.2) is 9.55 Å². The van der Waals surface area contributed by atoms with Crippen molar-refractivity contribution in [2.45, 2.75) is 6.92 Å². The number of rotatable bonds is 4. The van der Waals surface area contributed by atoms with Gasteiger partial charge in [0.1, 0.15) is 23.6 Å². The fraction of sp³-hybridized carbons (Fsp3) is 0.250. The summed E-state index contributed by atoms with van der Waals surface area (Å²) in [4.78, 5) is 36.7. The van der Waals surface area contributed by atoms with Crippen LogP contribution in [0.25, 0.3) is 11.5 Å². The van der Waals surface area contributed by atoms with E-state index >= 15 is 0 Å². The van der Waals surface area contributed by atoms with Gasteiger partial charge in [-0.1, -0.05) is 0 Å². The van der Waals surface area contributed by atoms with E-state index in [1.165, 1.54) is 23.3 Å². The third kappa shape index (κ3) is 2.64. The van der Waals surface area contributed by atoms with Gasteiger partial charge in [-0.15, -0.1) is 0 Å². The highest BCUT2D eigenvalue weighted by molar-refractivity contribution is 6.39. The molecule has 0 aliphatic rings. The maximum absolute atomic E-state index is 11.5. The van der Waals surface area contributed by atoms with Crippen molar-refractivity contribution >= 4 is 23.3 Å². The van der Waals surface area contributed by atoms with E-state index in [1.54, 1.807) is 0 Å². The Labute approximate surface area is 129 Å². The van der Waals surface area contributed by atoms with Gasteiger partial charge in [0.05, 0.1) is 7.05 Å². The van der Waals surface area contributed by atoms with Crippen LogP contribution in [0, 0.1) is 21.4 Å². The minimum atomic E-state index is -0.901. The average molecular weight is 317 g/mol. The Morgan fingerprint density at radius 2 is 2.09 bits per heavy atom. The first-order chi connectivity index (χ1) is 10.8. The molecular formula is C12H11N7O4. The number of hydrogen-bond donors (Lipinski definition) is 1. The number of imidazole rings is 1. The SMILES string of the molecule is CC(=O)C(=O)Nc1c(C#N)c(-c2ncc([N+](=O)[O-])n2C)nn1C. The van der Waals surface area contributed by atoms with Gasteiger partial charge in [-0.05, 0) is 4.92 Å². The summed E-state index contributed by atoms with van der Waals surface area (Å²) in [6, 6.07) is 1.86. The van der Waals surface area contributed by atoms with E-state index in [1.807, 2.05) is 6.07 Å². The predicted octanol–water partition coefficient (Wildman–Crippen LogP) is 0.128. The number of nitrogens with zero attached hydrogens (tertiary/aromatic N) is 6. The zero-order valence-electron chi connectivity index (χ0n) is 12.4. The van der Waals surface area contributed by atoms with E-state index in [4.69, 9.17) is 0 Å². The summed E-state index contributed by atoms with van der Waals surface area (Å²) >= 11 is 0. The molecule has 0 aromatic carbocycles. The molecule has 118 valence electrons. The summed E-state index contributed by atoms with van der Waals surface area (Å²) in [6.45, 7) is 1.08. The Kier molecular flexibility index (Phi) is 3.91. The number of aryl methyl sites for hydroxylation is 1. The van der Waals surface area contributed by atoms with Gasteiger partial charge in [-0.3, -0.25) is 14.3 Å². The molecule has 2 rings (SSSR count). The van der Waals surface area contributed by atoms with E-state index in [-0.39, 0.29) is 28.7 Å². The fourth-order valence-corrected chi connectivity index (χ4v) is 1.92. The van der Waals surface area contributed by atoms with E-state index in [0.717, 1.165) is 13.1 Å². The zero-order chi connectivity index (χ0) is 17.3. The van der Waals surface area contributed by atoms with Crippen molar-refractivity contribution in [2.24, 2.45) is 14.1 Å². The highest BCUT2D eigenvalue weighted by atomic mass is 16.6. The van der Waals surface area contributed by atoms with Crippen molar-refractivity contribution < 1.29 is 14.5 Å². The Bertz CT molecular complexity index is 871. The molecule has 0 aliphatic carbocycles. The lowest BCUT2D eigenvalue weighted by atomic mass is 10.2. The second-order valence-electron chi connectivity index (χ2n) is 4.57. The molecule has 0 fully saturated rings. The maximum atomic E-state index is 11.5.